The van der Waals surface area contributed by atoms with Gasteiger partial charge in [0.15, 0.2) is 11.6 Å². The van der Waals surface area contributed by atoms with Crippen molar-refractivity contribution >= 4 is 11.8 Å². The summed E-state index contributed by atoms with van der Waals surface area (Å²) in [4.78, 5) is 21.2. The number of rotatable bonds is 7. The Labute approximate surface area is 199 Å². The van der Waals surface area contributed by atoms with E-state index in [2.05, 4.69) is 25.1 Å². The van der Waals surface area contributed by atoms with Crippen molar-refractivity contribution in [3.05, 3.63) is 48.7 Å². The van der Waals surface area contributed by atoms with Crippen molar-refractivity contribution in [1.29, 1.82) is 0 Å². The number of piperidine rings is 1. The first kappa shape index (κ1) is 22.5. The first-order valence-electron chi connectivity index (χ1n) is 12.2. The summed E-state index contributed by atoms with van der Waals surface area (Å²) in [7, 11) is 0. The lowest BCUT2D eigenvalue weighted by Gasteiger charge is -2.36. The lowest BCUT2D eigenvalue weighted by atomic mass is 9.85. The van der Waals surface area contributed by atoms with Gasteiger partial charge in [-0.05, 0) is 56.6 Å². The van der Waals surface area contributed by atoms with Crippen LogP contribution in [0, 0.1) is 5.92 Å². The van der Waals surface area contributed by atoms with E-state index >= 15 is 0 Å². The van der Waals surface area contributed by atoms with Crippen LogP contribution in [-0.4, -0.2) is 56.5 Å². The van der Waals surface area contributed by atoms with Gasteiger partial charge in [-0.25, -0.2) is 4.98 Å². The van der Waals surface area contributed by atoms with Crippen molar-refractivity contribution in [3.8, 4) is 22.8 Å². The van der Waals surface area contributed by atoms with E-state index in [4.69, 9.17) is 9.84 Å². The second kappa shape index (κ2) is 10.3. The second-order valence-corrected chi connectivity index (χ2v) is 9.36. The number of anilines is 1. The minimum absolute atomic E-state index is 0.279. The van der Waals surface area contributed by atoms with Crippen LogP contribution in [0.1, 0.15) is 44.9 Å². The molecule has 2 N–H and O–H groups in total. The van der Waals surface area contributed by atoms with Crippen molar-refractivity contribution in [1.82, 2.24) is 20.2 Å². The Morgan fingerprint density at radius 1 is 0.912 bits per heavy atom. The minimum Gasteiger partial charge on any atom is -0.481 e. The average molecular weight is 462 g/mol. The summed E-state index contributed by atoms with van der Waals surface area (Å²) in [5.74, 6) is 2.06. The third-order valence-corrected chi connectivity index (χ3v) is 6.96. The summed E-state index contributed by atoms with van der Waals surface area (Å²) in [6.45, 7) is 1.84. The Balaban J connectivity index is 1.11. The van der Waals surface area contributed by atoms with Crippen molar-refractivity contribution in [2.24, 2.45) is 5.92 Å². The molecule has 1 saturated carbocycles. The molecule has 178 valence electrons. The SMILES string of the molecule is O=C(O)C[C@H]1CC[C@H](OC2CCN(c3ccc(-c4nnc(-c5ccccc5)[nH]4)cn3)CC2)CC1. The van der Waals surface area contributed by atoms with Gasteiger partial charge in [-0.1, -0.05) is 30.3 Å². The fourth-order valence-electron chi connectivity index (χ4n) is 5.04. The molecule has 0 spiro atoms. The van der Waals surface area contributed by atoms with Crippen LogP contribution in [0.2, 0.25) is 0 Å². The van der Waals surface area contributed by atoms with E-state index < -0.39 is 5.97 Å². The zero-order valence-electron chi connectivity index (χ0n) is 19.3. The monoisotopic (exact) mass is 461 g/mol. The maximum absolute atomic E-state index is 10.9. The fraction of sp³-hybridized carbons (Fsp3) is 0.462. The molecule has 8 heteroatoms. The molecule has 0 bridgehead atoms. The summed E-state index contributed by atoms with van der Waals surface area (Å²) in [5.41, 5.74) is 1.92. The topological polar surface area (TPSA) is 104 Å². The molecule has 8 nitrogen and oxygen atoms in total. The number of nitrogens with one attached hydrogen (secondary N) is 1. The van der Waals surface area contributed by atoms with Gasteiger partial charge < -0.3 is 19.7 Å². The van der Waals surface area contributed by atoms with Gasteiger partial charge >= 0.3 is 5.97 Å². The Hall–Kier alpha value is -3.26. The van der Waals surface area contributed by atoms with E-state index in [1.165, 1.54) is 0 Å². The predicted molar refractivity (Wildman–Crippen MR) is 129 cm³/mol. The molecule has 2 aliphatic rings. The van der Waals surface area contributed by atoms with Crippen LogP contribution in [-0.2, 0) is 9.53 Å². The average Bonchev–Trinajstić information content (AvgIpc) is 3.37. The Kier molecular flexibility index (Phi) is 6.85. The third-order valence-electron chi connectivity index (χ3n) is 6.96. The van der Waals surface area contributed by atoms with Crippen LogP contribution in [0.25, 0.3) is 22.8 Å². The first-order valence-corrected chi connectivity index (χ1v) is 12.2. The fourth-order valence-corrected chi connectivity index (χ4v) is 5.04. The molecule has 1 aliphatic heterocycles. The van der Waals surface area contributed by atoms with E-state index in [0.29, 0.717) is 18.2 Å². The summed E-state index contributed by atoms with van der Waals surface area (Å²) in [5, 5.41) is 17.5. The number of carboxylic acids is 1. The lowest BCUT2D eigenvalue weighted by Crippen LogP contribution is -2.39. The zero-order valence-corrected chi connectivity index (χ0v) is 19.3. The highest BCUT2D eigenvalue weighted by atomic mass is 16.5. The Morgan fingerprint density at radius 2 is 1.59 bits per heavy atom. The number of hydrogen-bond donors (Lipinski definition) is 2. The van der Waals surface area contributed by atoms with Crippen molar-refractivity contribution < 1.29 is 14.6 Å². The quantitative estimate of drug-likeness (QED) is 0.532. The number of H-pyrrole nitrogens is 1. The molecule has 1 saturated heterocycles. The van der Waals surface area contributed by atoms with E-state index in [-0.39, 0.29) is 12.2 Å². The standard InChI is InChI=1S/C26H31N5O3/c32-24(33)16-18-6-9-21(10-7-18)34-22-12-14-31(15-13-22)23-11-8-20(17-27-23)26-28-25(29-30-26)19-4-2-1-3-5-19/h1-5,8,11,17-18,21-22H,6-7,9-10,12-16H2,(H,32,33)(H,28,29,30)/t18-,21-. The molecular formula is C26H31N5O3. The van der Waals surface area contributed by atoms with E-state index in [9.17, 15) is 4.79 Å². The summed E-state index contributed by atoms with van der Waals surface area (Å²) >= 11 is 0. The molecule has 0 atom stereocenters. The van der Waals surface area contributed by atoms with E-state index in [1.54, 1.807) is 0 Å². The number of ether oxygens (including phenoxy) is 1. The highest BCUT2D eigenvalue weighted by molar-refractivity contribution is 5.67. The van der Waals surface area contributed by atoms with Gasteiger partial charge in [0.2, 0.25) is 0 Å². The van der Waals surface area contributed by atoms with Gasteiger partial charge in [0.1, 0.15) is 5.82 Å². The molecular weight excluding hydrogens is 430 g/mol. The zero-order chi connectivity index (χ0) is 23.3. The number of hydrogen-bond acceptors (Lipinski definition) is 6. The Morgan fingerprint density at radius 3 is 2.24 bits per heavy atom. The number of carboxylic acid groups (broad SMARTS) is 1. The molecule has 1 aliphatic carbocycles. The molecule has 2 fully saturated rings. The highest BCUT2D eigenvalue weighted by Gasteiger charge is 2.28. The third kappa shape index (κ3) is 5.44. The van der Waals surface area contributed by atoms with Crippen LogP contribution >= 0.6 is 0 Å². The van der Waals surface area contributed by atoms with Gasteiger partial charge in [-0.2, -0.15) is 0 Å². The van der Waals surface area contributed by atoms with Crippen LogP contribution in [0.4, 0.5) is 5.82 Å². The molecule has 34 heavy (non-hydrogen) atoms. The van der Waals surface area contributed by atoms with Crippen LogP contribution in [0.5, 0.6) is 0 Å². The number of aromatic amines is 1. The smallest absolute Gasteiger partial charge is 0.303 e. The van der Waals surface area contributed by atoms with Crippen LogP contribution in [0.3, 0.4) is 0 Å². The molecule has 5 rings (SSSR count). The van der Waals surface area contributed by atoms with E-state index in [1.807, 2.05) is 48.7 Å². The molecule has 1 aromatic carbocycles. The summed E-state index contributed by atoms with van der Waals surface area (Å²) in [6.07, 6.45) is 8.56. The minimum atomic E-state index is -0.684. The van der Waals surface area contributed by atoms with Crippen molar-refractivity contribution in [3.63, 3.8) is 0 Å². The van der Waals surface area contributed by atoms with Gasteiger partial charge in [-0.3, -0.25) is 4.79 Å². The number of aromatic nitrogens is 4. The predicted octanol–water partition coefficient (Wildman–Crippen LogP) is 4.55. The molecule has 0 unspecified atom stereocenters. The van der Waals surface area contributed by atoms with Crippen LogP contribution in [0.15, 0.2) is 48.7 Å². The lowest BCUT2D eigenvalue weighted by molar-refractivity contribution is -0.138. The Bertz CT molecular complexity index is 1070. The van der Waals surface area contributed by atoms with Crippen molar-refractivity contribution in [2.45, 2.75) is 57.2 Å². The van der Waals surface area contributed by atoms with Crippen LogP contribution < -0.4 is 4.90 Å². The number of pyridine rings is 1. The van der Waals surface area contributed by atoms with Gasteiger partial charge in [-0.15, -0.1) is 10.2 Å². The number of nitrogens with zero attached hydrogens (tertiary/aromatic N) is 4. The maximum Gasteiger partial charge on any atom is 0.303 e. The normalized spacial score (nSPS) is 21.5. The van der Waals surface area contributed by atoms with Crippen molar-refractivity contribution in [2.75, 3.05) is 18.0 Å². The van der Waals surface area contributed by atoms with Gasteiger partial charge in [0.25, 0.3) is 0 Å². The number of aliphatic carboxylic acids is 1. The highest BCUT2D eigenvalue weighted by Crippen LogP contribution is 2.31. The first-order chi connectivity index (χ1) is 16.6. The summed E-state index contributed by atoms with van der Waals surface area (Å²) < 4.78 is 6.37. The summed E-state index contributed by atoms with van der Waals surface area (Å²) in [6, 6.07) is 14.0. The largest absolute Gasteiger partial charge is 0.481 e. The molecule has 0 amide bonds. The molecule has 3 aromatic rings. The van der Waals surface area contributed by atoms with E-state index in [0.717, 1.165) is 74.4 Å². The second-order valence-electron chi connectivity index (χ2n) is 9.36. The van der Waals surface area contributed by atoms with Gasteiger partial charge in [0.05, 0.1) is 12.2 Å². The van der Waals surface area contributed by atoms with Gasteiger partial charge in [0, 0.05) is 36.8 Å². The molecule has 3 heterocycles. The molecule has 0 radical (unpaired) electrons. The number of benzene rings is 1. The maximum atomic E-state index is 10.9. The molecule has 2 aromatic heterocycles. The number of carbonyl (C=O) groups is 1.